The summed E-state index contributed by atoms with van der Waals surface area (Å²) in [5, 5.41) is 11.6. The zero-order valence-corrected chi connectivity index (χ0v) is 11.9. The molecule has 8 heteroatoms. The minimum absolute atomic E-state index is 0.00689. The second kappa shape index (κ2) is 6.77. The van der Waals surface area contributed by atoms with Crippen molar-refractivity contribution in [3.63, 3.8) is 0 Å². The van der Waals surface area contributed by atoms with Gasteiger partial charge in [-0.05, 0) is 12.8 Å². The van der Waals surface area contributed by atoms with Crippen molar-refractivity contribution in [2.75, 3.05) is 19.7 Å². The Bertz CT molecular complexity index is 347. The minimum Gasteiger partial charge on any atom is -0.632 e. The number of quaternary nitrogens is 1. The third-order valence-electron chi connectivity index (χ3n) is 3.73. The summed E-state index contributed by atoms with van der Waals surface area (Å²) in [6, 6.07) is 0. The molecule has 0 saturated carbocycles. The van der Waals surface area contributed by atoms with Gasteiger partial charge in [0.2, 0.25) is 6.17 Å². The molecule has 2 fully saturated rings. The number of amides is 1. The van der Waals surface area contributed by atoms with Gasteiger partial charge in [-0.15, -0.1) is 0 Å². The highest BCUT2D eigenvalue weighted by Crippen LogP contribution is 2.18. The Labute approximate surface area is 118 Å². The Kier molecular flexibility index (Phi) is 5.28. The number of ether oxygens (including phenoxy) is 1. The highest BCUT2D eigenvalue weighted by atomic mass is 19.1. The van der Waals surface area contributed by atoms with Gasteiger partial charge < -0.3 is 19.9 Å². The lowest BCUT2D eigenvalue weighted by Crippen LogP contribution is -3.15. The number of carbonyl (C=O) groups is 1. The standard InChI is InChI=1S/C12H23FN4O3/c1-3-6-20-10-4-5-16(7-9(10)13)12(18)11-15-14-8(2)17(11)19/h8-11,14-15,17H,3-7H2,1-2H3/t8?,9-,10+,11?/m1/s1. The zero-order valence-electron chi connectivity index (χ0n) is 11.9. The Hall–Kier alpha value is -0.800. The number of piperidine rings is 1. The molecule has 2 rings (SSSR count). The van der Waals surface area contributed by atoms with E-state index in [0.717, 1.165) is 6.42 Å². The largest absolute Gasteiger partial charge is 0.632 e. The van der Waals surface area contributed by atoms with Crippen LogP contribution in [0.4, 0.5) is 4.39 Å². The molecule has 0 aromatic rings. The van der Waals surface area contributed by atoms with E-state index in [1.54, 1.807) is 6.92 Å². The fourth-order valence-corrected chi connectivity index (χ4v) is 2.51. The Morgan fingerprint density at radius 2 is 2.30 bits per heavy atom. The van der Waals surface area contributed by atoms with Gasteiger partial charge in [0.15, 0.2) is 6.17 Å². The van der Waals surface area contributed by atoms with Gasteiger partial charge in [0, 0.05) is 20.1 Å². The van der Waals surface area contributed by atoms with E-state index >= 15 is 0 Å². The van der Waals surface area contributed by atoms with E-state index in [-0.39, 0.29) is 17.5 Å². The van der Waals surface area contributed by atoms with Crippen molar-refractivity contribution in [2.45, 2.75) is 51.3 Å². The van der Waals surface area contributed by atoms with Crippen LogP contribution in [0.25, 0.3) is 0 Å². The van der Waals surface area contributed by atoms with Crippen LogP contribution in [0.2, 0.25) is 0 Å². The topological polar surface area (TPSA) is 81.1 Å². The summed E-state index contributed by atoms with van der Waals surface area (Å²) in [5.74, 6) is -0.358. The number of rotatable bonds is 4. The number of alkyl halides is 1. The number of hydrogen-bond donors (Lipinski definition) is 3. The number of halogens is 1. The lowest BCUT2D eigenvalue weighted by Gasteiger charge is -2.36. The molecule has 2 saturated heterocycles. The number of likely N-dealkylation sites (tertiary alicyclic amines) is 1. The van der Waals surface area contributed by atoms with Gasteiger partial charge in [-0.2, -0.15) is 5.43 Å². The molecule has 2 aliphatic heterocycles. The quantitative estimate of drug-likeness (QED) is 0.550. The van der Waals surface area contributed by atoms with E-state index < -0.39 is 24.6 Å². The number of carbonyl (C=O) groups excluding carboxylic acids is 1. The van der Waals surface area contributed by atoms with Gasteiger partial charge in [-0.1, -0.05) is 6.92 Å². The van der Waals surface area contributed by atoms with Crippen molar-refractivity contribution in [2.24, 2.45) is 0 Å². The summed E-state index contributed by atoms with van der Waals surface area (Å²) in [7, 11) is 0. The van der Waals surface area contributed by atoms with Gasteiger partial charge in [0.1, 0.15) is 6.17 Å². The Morgan fingerprint density at radius 3 is 2.85 bits per heavy atom. The van der Waals surface area contributed by atoms with Crippen LogP contribution in [0, 0.1) is 5.21 Å². The number of hydroxylamine groups is 2. The first-order valence-electron chi connectivity index (χ1n) is 7.13. The highest BCUT2D eigenvalue weighted by Gasteiger charge is 2.40. The molecule has 0 aromatic carbocycles. The summed E-state index contributed by atoms with van der Waals surface area (Å²) >= 11 is 0. The number of hydrogen-bond acceptors (Lipinski definition) is 5. The van der Waals surface area contributed by atoms with Gasteiger partial charge in [-0.3, -0.25) is 4.79 Å². The first-order valence-corrected chi connectivity index (χ1v) is 7.13. The molecule has 3 unspecified atom stereocenters. The van der Waals surface area contributed by atoms with Crippen molar-refractivity contribution >= 4 is 5.91 Å². The fraction of sp³-hybridized carbons (Fsp3) is 0.917. The van der Waals surface area contributed by atoms with Crippen LogP contribution in [-0.2, 0) is 9.53 Å². The van der Waals surface area contributed by atoms with Crippen LogP contribution in [0.3, 0.4) is 0 Å². The summed E-state index contributed by atoms with van der Waals surface area (Å²) in [5.41, 5.74) is 5.39. The van der Waals surface area contributed by atoms with Crippen LogP contribution < -0.4 is 15.9 Å². The molecule has 1 amide bonds. The monoisotopic (exact) mass is 290 g/mol. The molecule has 0 spiro atoms. The summed E-state index contributed by atoms with van der Waals surface area (Å²) in [4.78, 5) is 13.6. The SMILES string of the molecule is CCCO[C@H]1CCN(C(=O)C2NNC(C)[NH+]2[O-])C[C@H]1F. The lowest BCUT2D eigenvalue weighted by atomic mass is 10.1. The van der Waals surface area contributed by atoms with E-state index in [0.29, 0.717) is 19.6 Å². The van der Waals surface area contributed by atoms with Gasteiger partial charge >= 0.3 is 0 Å². The molecule has 2 aliphatic rings. The maximum atomic E-state index is 14.0. The van der Waals surface area contributed by atoms with E-state index in [2.05, 4.69) is 10.9 Å². The fourth-order valence-electron chi connectivity index (χ4n) is 2.51. The smallest absolute Gasteiger partial charge is 0.298 e. The molecule has 7 nitrogen and oxygen atoms in total. The second-order valence-corrected chi connectivity index (χ2v) is 5.34. The van der Waals surface area contributed by atoms with Gasteiger partial charge in [0.25, 0.3) is 5.91 Å². The predicted octanol–water partition coefficient (Wildman–Crippen LogP) is -1.49. The predicted molar refractivity (Wildman–Crippen MR) is 70.0 cm³/mol. The average Bonchev–Trinajstić information content (AvgIpc) is 2.77. The summed E-state index contributed by atoms with van der Waals surface area (Å²) < 4.78 is 19.4. The third-order valence-corrected chi connectivity index (χ3v) is 3.73. The van der Waals surface area contributed by atoms with Crippen LogP contribution in [0.5, 0.6) is 0 Å². The molecule has 116 valence electrons. The molecular formula is C12H23FN4O3. The van der Waals surface area contributed by atoms with Crippen molar-refractivity contribution in [3.05, 3.63) is 5.21 Å². The van der Waals surface area contributed by atoms with E-state index in [1.165, 1.54) is 4.90 Å². The summed E-state index contributed by atoms with van der Waals surface area (Å²) in [6.07, 6.45) is -1.61. The van der Waals surface area contributed by atoms with Crippen LogP contribution in [0.15, 0.2) is 0 Å². The lowest BCUT2D eigenvalue weighted by molar-refractivity contribution is -0.878. The third kappa shape index (κ3) is 3.26. The molecule has 0 aromatic heterocycles. The normalized spacial score (nSPS) is 38.2. The molecule has 3 N–H and O–H groups in total. The highest BCUT2D eigenvalue weighted by molar-refractivity contribution is 5.80. The van der Waals surface area contributed by atoms with Crippen LogP contribution in [-0.4, -0.2) is 55.1 Å². The van der Waals surface area contributed by atoms with Crippen molar-refractivity contribution in [1.82, 2.24) is 15.8 Å². The Balaban J connectivity index is 1.87. The van der Waals surface area contributed by atoms with E-state index in [1.807, 2.05) is 6.92 Å². The molecule has 20 heavy (non-hydrogen) atoms. The van der Waals surface area contributed by atoms with Gasteiger partial charge in [0.05, 0.1) is 12.6 Å². The second-order valence-electron chi connectivity index (χ2n) is 5.34. The summed E-state index contributed by atoms with van der Waals surface area (Å²) in [6.45, 7) is 4.60. The average molecular weight is 290 g/mol. The van der Waals surface area contributed by atoms with Crippen LogP contribution >= 0.6 is 0 Å². The minimum atomic E-state index is -1.19. The van der Waals surface area contributed by atoms with Crippen molar-refractivity contribution < 1.29 is 19.0 Å². The Morgan fingerprint density at radius 1 is 1.55 bits per heavy atom. The molecule has 2 heterocycles. The van der Waals surface area contributed by atoms with E-state index in [4.69, 9.17) is 4.74 Å². The first-order chi connectivity index (χ1) is 9.54. The number of nitrogens with zero attached hydrogens (tertiary/aromatic N) is 1. The number of hydrazine groups is 1. The molecule has 0 bridgehead atoms. The molecular weight excluding hydrogens is 267 g/mol. The van der Waals surface area contributed by atoms with Gasteiger partial charge in [-0.25, -0.2) is 9.82 Å². The maximum Gasteiger partial charge on any atom is 0.298 e. The zero-order chi connectivity index (χ0) is 14.7. The van der Waals surface area contributed by atoms with Crippen molar-refractivity contribution in [3.8, 4) is 0 Å². The van der Waals surface area contributed by atoms with E-state index in [9.17, 15) is 14.4 Å². The number of nitrogens with one attached hydrogen (secondary N) is 3. The molecule has 0 aliphatic carbocycles. The van der Waals surface area contributed by atoms with Crippen molar-refractivity contribution in [1.29, 1.82) is 0 Å². The molecule has 0 radical (unpaired) electrons. The molecule has 5 atom stereocenters. The first kappa shape index (κ1) is 15.6. The maximum absolute atomic E-state index is 14.0. The van der Waals surface area contributed by atoms with Crippen LogP contribution in [0.1, 0.15) is 26.7 Å².